The van der Waals surface area contributed by atoms with Crippen molar-refractivity contribution >= 4 is 11.6 Å². The van der Waals surface area contributed by atoms with Crippen LogP contribution in [0.1, 0.15) is 11.1 Å². The maximum Gasteiger partial charge on any atom is 0.416 e. The Morgan fingerprint density at radius 3 is 2.25 bits per heavy atom. The molecule has 0 saturated heterocycles. The van der Waals surface area contributed by atoms with E-state index in [0.29, 0.717) is 5.02 Å². The smallest absolute Gasteiger partial charge is 0.166 e. The lowest BCUT2D eigenvalue weighted by Gasteiger charge is -2.09. The third-order valence-corrected chi connectivity index (χ3v) is 1.73. The Kier molecular flexibility index (Phi) is 2.33. The molecule has 0 heterocycles. The molecule has 0 aliphatic rings. The molecular formula is C8H6ClF3. The molecule has 0 amide bonds. The lowest BCUT2D eigenvalue weighted by atomic mass is 10.1. The van der Waals surface area contributed by atoms with Crippen molar-refractivity contribution in [3.8, 4) is 0 Å². The lowest BCUT2D eigenvalue weighted by molar-refractivity contribution is -0.138. The summed E-state index contributed by atoms with van der Waals surface area (Å²) in [6.07, 6.45) is -4.28. The predicted octanol–water partition coefficient (Wildman–Crippen LogP) is 3.67. The van der Waals surface area contributed by atoms with Gasteiger partial charge in [-0.25, -0.2) is 0 Å². The van der Waals surface area contributed by atoms with Crippen LogP contribution in [0.2, 0.25) is 5.02 Å². The Balaban J connectivity index is 3.19. The maximum absolute atomic E-state index is 12.1. The Labute approximate surface area is 73.0 Å². The van der Waals surface area contributed by atoms with Crippen molar-refractivity contribution in [1.29, 1.82) is 0 Å². The van der Waals surface area contributed by atoms with Crippen molar-refractivity contribution in [3.05, 3.63) is 34.3 Å². The minimum atomic E-state index is -4.28. The third-order valence-electron chi connectivity index (χ3n) is 1.49. The van der Waals surface area contributed by atoms with Gasteiger partial charge in [-0.15, -0.1) is 0 Å². The maximum atomic E-state index is 12.1. The van der Waals surface area contributed by atoms with Crippen LogP contribution >= 0.6 is 11.6 Å². The number of halogens is 4. The summed E-state index contributed by atoms with van der Waals surface area (Å²) in [7, 11) is 0. The van der Waals surface area contributed by atoms with E-state index in [1.54, 1.807) is 0 Å². The van der Waals surface area contributed by atoms with Gasteiger partial charge in [0.1, 0.15) is 0 Å². The Hall–Kier alpha value is -0.700. The standard InChI is InChI=1S/C8H6ClF3/c1-5-4-6(9)2-3-7(5)8(10,11)12/h2-4H,1H3. The summed E-state index contributed by atoms with van der Waals surface area (Å²) < 4.78 is 36.4. The minimum absolute atomic E-state index is 0.148. The van der Waals surface area contributed by atoms with E-state index in [-0.39, 0.29) is 5.56 Å². The quantitative estimate of drug-likeness (QED) is 0.591. The van der Waals surface area contributed by atoms with Crippen molar-refractivity contribution in [1.82, 2.24) is 0 Å². The van der Waals surface area contributed by atoms with Gasteiger partial charge >= 0.3 is 6.18 Å². The van der Waals surface area contributed by atoms with E-state index in [9.17, 15) is 13.2 Å². The zero-order chi connectivity index (χ0) is 9.35. The van der Waals surface area contributed by atoms with Crippen molar-refractivity contribution in [3.63, 3.8) is 0 Å². The molecule has 0 aliphatic carbocycles. The molecule has 0 aliphatic heterocycles. The summed E-state index contributed by atoms with van der Waals surface area (Å²) in [6, 6.07) is 3.51. The highest BCUT2D eigenvalue weighted by Crippen LogP contribution is 2.32. The first kappa shape index (κ1) is 9.39. The third kappa shape index (κ3) is 1.91. The molecule has 0 unspecified atom stereocenters. The number of aryl methyl sites for hydroxylation is 1. The molecule has 0 aromatic heterocycles. The van der Waals surface area contributed by atoms with Crippen LogP contribution in [0, 0.1) is 6.92 Å². The summed E-state index contributed by atoms with van der Waals surface area (Å²) in [5.74, 6) is 0. The molecule has 1 aromatic rings. The van der Waals surface area contributed by atoms with Gasteiger partial charge in [0.05, 0.1) is 5.56 Å². The van der Waals surface area contributed by atoms with Gasteiger partial charge in [0.2, 0.25) is 0 Å². The molecule has 0 atom stereocenters. The summed E-state index contributed by atoms with van der Waals surface area (Å²) in [6.45, 7) is 1.38. The van der Waals surface area contributed by atoms with Crippen molar-refractivity contribution in [2.75, 3.05) is 0 Å². The molecule has 0 radical (unpaired) electrons. The summed E-state index contributed by atoms with van der Waals surface area (Å²) in [5.41, 5.74) is -0.484. The van der Waals surface area contributed by atoms with E-state index in [1.165, 1.54) is 19.1 Å². The Bertz CT molecular complexity index is 291. The van der Waals surface area contributed by atoms with Crippen LogP contribution in [0.5, 0.6) is 0 Å². The van der Waals surface area contributed by atoms with Crippen LogP contribution in [-0.2, 0) is 6.18 Å². The van der Waals surface area contributed by atoms with E-state index < -0.39 is 11.7 Å². The second-order valence-corrected chi connectivity index (χ2v) is 2.89. The van der Waals surface area contributed by atoms with Crippen LogP contribution in [0.25, 0.3) is 0 Å². The molecular weight excluding hydrogens is 189 g/mol. The minimum Gasteiger partial charge on any atom is -0.166 e. The lowest BCUT2D eigenvalue weighted by Crippen LogP contribution is -2.06. The SMILES string of the molecule is Cc1cc(Cl)ccc1C(F)(F)F. The number of rotatable bonds is 0. The summed E-state index contributed by atoms with van der Waals surface area (Å²) in [4.78, 5) is 0. The van der Waals surface area contributed by atoms with E-state index in [4.69, 9.17) is 11.6 Å². The molecule has 0 bridgehead atoms. The number of benzene rings is 1. The molecule has 1 aromatic carbocycles. The molecule has 66 valence electrons. The van der Waals surface area contributed by atoms with Gasteiger partial charge in [0.15, 0.2) is 0 Å². The molecule has 0 spiro atoms. The second kappa shape index (κ2) is 2.98. The van der Waals surface area contributed by atoms with E-state index in [2.05, 4.69) is 0 Å². The van der Waals surface area contributed by atoms with Gasteiger partial charge < -0.3 is 0 Å². The fraction of sp³-hybridized carbons (Fsp3) is 0.250. The van der Waals surface area contributed by atoms with Gasteiger partial charge in [-0.05, 0) is 30.7 Å². The van der Waals surface area contributed by atoms with E-state index in [1.807, 2.05) is 0 Å². The van der Waals surface area contributed by atoms with Crippen LogP contribution in [0.4, 0.5) is 13.2 Å². The normalized spacial score (nSPS) is 11.8. The van der Waals surface area contributed by atoms with Gasteiger partial charge in [-0.3, -0.25) is 0 Å². The summed E-state index contributed by atoms with van der Waals surface area (Å²) >= 11 is 5.50. The molecule has 4 heteroatoms. The molecule has 1 rings (SSSR count). The monoisotopic (exact) mass is 194 g/mol. The van der Waals surface area contributed by atoms with Gasteiger partial charge in [-0.1, -0.05) is 11.6 Å². The Morgan fingerprint density at radius 1 is 1.25 bits per heavy atom. The first-order valence-electron chi connectivity index (χ1n) is 3.24. The zero-order valence-electron chi connectivity index (χ0n) is 6.24. The van der Waals surface area contributed by atoms with E-state index in [0.717, 1.165) is 6.07 Å². The van der Waals surface area contributed by atoms with Gasteiger partial charge in [0.25, 0.3) is 0 Å². The fourth-order valence-corrected chi connectivity index (χ4v) is 1.17. The van der Waals surface area contributed by atoms with Gasteiger partial charge in [0, 0.05) is 5.02 Å². The highest BCUT2D eigenvalue weighted by Gasteiger charge is 2.31. The predicted molar refractivity (Wildman–Crippen MR) is 41.2 cm³/mol. The van der Waals surface area contributed by atoms with Crippen molar-refractivity contribution in [2.45, 2.75) is 13.1 Å². The van der Waals surface area contributed by atoms with E-state index >= 15 is 0 Å². The van der Waals surface area contributed by atoms with Crippen LogP contribution < -0.4 is 0 Å². The molecule has 0 fully saturated rings. The molecule has 0 N–H and O–H groups in total. The largest absolute Gasteiger partial charge is 0.416 e. The van der Waals surface area contributed by atoms with Gasteiger partial charge in [-0.2, -0.15) is 13.2 Å². The summed E-state index contributed by atoms with van der Waals surface area (Å²) in [5, 5.41) is 0.320. The first-order chi connectivity index (χ1) is 5.41. The fourth-order valence-electron chi connectivity index (χ4n) is 0.945. The average molecular weight is 195 g/mol. The second-order valence-electron chi connectivity index (χ2n) is 2.46. The number of hydrogen-bond donors (Lipinski definition) is 0. The molecule has 12 heavy (non-hydrogen) atoms. The van der Waals surface area contributed by atoms with Crippen LogP contribution in [-0.4, -0.2) is 0 Å². The first-order valence-corrected chi connectivity index (χ1v) is 3.62. The van der Waals surface area contributed by atoms with Crippen LogP contribution in [0.15, 0.2) is 18.2 Å². The number of hydrogen-bond acceptors (Lipinski definition) is 0. The average Bonchev–Trinajstić information content (AvgIpc) is 1.83. The number of alkyl halides is 3. The highest BCUT2D eigenvalue weighted by molar-refractivity contribution is 6.30. The molecule has 0 saturated carbocycles. The van der Waals surface area contributed by atoms with Crippen molar-refractivity contribution in [2.24, 2.45) is 0 Å². The zero-order valence-corrected chi connectivity index (χ0v) is 7.00. The topological polar surface area (TPSA) is 0 Å². The Morgan fingerprint density at radius 2 is 1.83 bits per heavy atom. The van der Waals surface area contributed by atoms with Crippen molar-refractivity contribution < 1.29 is 13.2 Å². The van der Waals surface area contributed by atoms with Crippen LogP contribution in [0.3, 0.4) is 0 Å². The molecule has 0 nitrogen and oxygen atoms in total. The highest BCUT2D eigenvalue weighted by atomic mass is 35.5.